The van der Waals surface area contributed by atoms with Crippen molar-refractivity contribution in [3.05, 3.63) is 47.0 Å². The highest BCUT2D eigenvalue weighted by molar-refractivity contribution is 7.19. The molecule has 0 saturated carbocycles. The molecule has 0 spiro atoms. The number of rotatable bonds is 3. The number of carbonyl (C=O) groups excluding carboxylic acids is 3. The molecule has 2 aromatic heterocycles. The lowest BCUT2D eigenvalue weighted by Crippen LogP contribution is -2.46. The van der Waals surface area contributed by atoms with Gasteiger partial charge in [0.25, 0.3) is 0 Å². The Balaban J connectivity index is 1.55. The Morgan fingerprint density at radius 3 is 2.86 bits per heavy atom. The van der Waals surface area contributed by atoms with Crippen molar-refractivity contribution < 1.29 is 14.4 Å². The molecule has 1 saturated heterocycles. The fraction of sp³-hybridized carbons (Fsp3) is 0.300. The number of thiophene rings is 1. The predicted octanol–water partition coefficient (Wildman–Crippen LogP) is 2.66. The SMILES string of the molecule is C[C@@H]1CC[C@@H](c2cc3[nH]ncc3s2)N(C(=O)C(=O)Nc2cccc(C(N)=O)c2)C1. The second-order valence-electron chi connectivity index (χ2n) is 7.35. The van der Waals surface area contributed by atoms with Gasteiger partial charge in [-0.1, -0.05) is 13.0 Å². The van der Waals surface area contributed by atoms with Crippen molar-refractivity contribution in [1.29, 1.82) is 0 Å². The van der Waals surface area contributed by atoms with Gasteiger partial charge in [0.2, 0.25) is 5.91 Å². The molecule has 150 valence electrons. The average Bonchev–Trinajstić information content (AvgIpc) is 3.29. The van der Waals surface area contributed by atoms with Gasteiger partial charge < -0.3 is 16.0 Å². The largest absolute Gasteiger partial charge is 0.366 e. The van der Waals surface area contributed by atoms with Crippen LogP contribution in [-0.2, 0) is 9.59 Å². The molecule has 0 radical (unpaired) electrons. The van der Waals surface area contributed by atoms with E-state index in [-0.39, 0.29) is 11.6 Å². The molecule has 3 amide bonds. The van der Waals surface area contributed by atoms with E-state index in [4.69, 9.17) is 5.73 Å². The Hall–Kier alpha value is -3.20. The van der Waals surface area contributed by atoms with Crippen LogP contribution in [0.1, 0.15) is 41.0 Å². The van der Waals surface area contributed by atoms with Crippen LogP contribution in [0.2, 0.25) is 0 Å². The normalized spacial score (nSPS) is 19.3. The zero-order chi connectivity index (χ0) is 20.5. The summed E-state index contributed by atoms with van der Waals surface area (Å²) in [4.78, 5) is 39.7. The van der Waals surface area contributed by atoms with Crippen molar-refractivity contribution in [3.8, 4) is 0 Å². The number of benzene rings is 1. The van der Waals surface area contributed by atoms with E-state index in [9.17, 15) is 14.4 Å². The highest BCUT2D eigenvalue weighted by atomic mass is 32.1. The molecule has 4 rings (SSSR count). The van der Waals surface area contributed by atoms with E-state index in [1.165, 1.54) is 6.07 Å². The molecule has 3 heterocycles. The zero-order valence-corrected chi connectivity index (χ0v) is 16.7. The lowest BCUT2D eigenvalue weighted by molar-refractivity contribution is -0.146. The maximum Gasteiger partial charge on any atom is 0.313 e. The molecule has 8 nitrogen and oxygen atoms in total. The van der Waals surface area contributed by atoms with E-state index < -0.39 is 17.7 Å². The van der Waals surface area contributed by atoms with Crippen LogP contribution in [0.15, 0.2) is 36.5 Å². The summed E-state index contributed by atoms with van der Waals surface area (Å²) in [7, 11) is 0. The molecular weight excluding hydrogens is 390 g/mol. The van der Waals surface area contributed by atoms with Crippen LogP contribution in [0.4, 0.5) is 5.69 Å². The average molecular weight is 411 g/mol. The van der Waals surface area contributed by atoms with E-state index in [0.717, 1.165) is 27.9 Å². The number of likely N-dealkylation sites (tertiary alicyclic amines) is 1. The smallest absolute Gasteiger partial charge is 0.313 e. The van der Waals surface area contributed by atoms with Gasteiger partial charge in [-0.25, -0.2) is 0 Å². The van der Waals surface area contributed by atoms with Crippen LogP contribution in [0.5, 0.6) is 0 Å². The second-order valence-corrected chi connectivity index (χ2v) is 8.47. The molecular formula is C20H21N5O3S. The van der Waals surface area contributed by atoms with Crippen molar-refractivity contribution in [2.24, 2.45) is 11.7 Å². The molecule has 4 N–H and O–H groups in total. The second kappa shape index (κ2) is 7.67. The van der Waals surface area contributed by atoms with Crippen LogP contribution < -0.4 is 11.1 Å². The highest BCUT2D eigenvalue weighted by Crippen LogP contribution is 2.38. The minimum Gasteiger partial charge on any atom is -0.366 e. The number of nitrogens with one attached hydrogen (secondary N) is 2. The number of piperidine rings is 1. The summed E-state index contributed by atoms with van der Waals surface area (Å²) < 4.78 is 1.03. The van der Waals surface area contributed by atoms with Crippen LogP contribution >= 0.6 is 11.3 Å². The lowest BCUT2D eigenvalue weighted by atomic mass is 9.93. The topological polar surface area (TPSA) is 121 Å². The molecule has 2 atom stereocenters. The summed E-state index contributed by atoms with van der Waals surface area (Å²) in [6.45, 7) is 2.59. The summed E-state index contributed by atoms with van der Waals surface area (Å²) in [5, 5.41) is 9.55. The van der Waals surface area contributed by atoms with Gasteiger partial charge in [-0.2, -0.15) is 5.10 Å². The van der Waals surface area contributed by atoms with Crippen molar-refractivity contribution in [1.82, 2.24) is 15.1 Å². The first kappa shape index (κ1) is 19.1. The fourth-order valence-corrected chi connectivity index (χ4v) is 4.80. The molecule has 9 heteroatoms. The van der Waals surface area contributed by atoms with Crippen molar-refractivity contribution in [2.45, 2.75) is 25.8 Å². The first-order valence-corrected chi connectivity index (χ1v) is 10.2. The number of hydrogen-bond acceptors (Lipinski definition) is 5. The van der Waals surface area contributed by atoms with E-state index in [1.807, 2.05) is 6.07 Å². The molecule has 1 fully saturated rings. The molecule has 0 bridgehead atoms. The van der Waals surface area contributed by atoms with Crippen molar-refractivity contribution in [2.75, 3.05) is 11.9 Å². The number of primary amides is 1. The van der Waals surface area contributed by atoms with Gasteiger partial charge in [0.1, 0.15) is 0 Å². The quantitative estimate of drug-likeness (QED) is 0.574. The fourth-order valence-electron chi connectivity index (χ4n) is 3.67. The van der Waals surface area contributed by atoms with Crippen LogP contribution in [0.25, 0.3) is 10.2 Å². The lowest BCUT2D eigenvalue weighted by Gasteiger charge is -2.37. The Morgan fingerprint density at radius 1 is 1.28 bits per heavy atom. The van der Waals surface area contributed by atoms with Gasteiger partial charge in [-0.3, -0.25) is 19.5 Å². The minimum absolute atomic E-state index is 0.146. The number of aromatic amines is 1. The highest BCUT2D eigenvalue weighted by Gasteiger charge is 2.35. The van der Waals surface area contributed by atoms with Crippen molar-refractivity contribution in [3.63, 3.8) is 0 Å². The van der Waals surface area contributed by atoms with Crippen molar-refractivity contribution >= 4 is 45.0 Å². The number of H-pyrrole nitrogens is 1. The molecule has 1 aliphatic rings. The van der Waals surface area contributed by atoms with Gasteiger partial charge in [-0.05, 0) is 43.0 Å². The van der Waals surface area contributed by atoms with Gasteiger partial charge in [0.05, 0.1) is 22.5 Å². The number of anilines is 1. The van der Waals surface area contributed by atoms with Crippen LogP contribution in [0, 0.1) is 5.92 Å². The zero-order valence-electron chi connectivity index (χ0n) is 15.8. The summed E-state index contributed by atoms with van der Waals surface area (Å²) in [5.74, 6) is -1.59. The number of amides is 3. The maximum absolute atomic E-state index is 13.0. The molecule has 0 unspecified atom stereocenters. The predicted molar refractivity (Wildman–Crippen MR) is 110 cm³/mol. The summed E-state index contributed by atoms with van der Waals surface area (Å²) >= 11 is 1.58. The number of fused-ring (bicyclic) bond motifs is 1. The third kappa shape index (κ3) is 3.86. The maximum atomic E-state index is 13.0. The van der Waals surface area contributed by atoms with Gasteiger partial charge >= 0.3 is 11.8 Å². The summed E-state index contributed by atoms with van der Waals surface area (Å²) in [5.41, 5.74) is 6.84. The number of nitrogens with zero attached hydrogens (tertiary/aromatic N) is 2. The Kier molecular flexibility index (Phi) is 5.06. The minimum atomic E-state index is -0.727. The monoisotopic (exact) mass is 411 g/mol. The standard InChI is InChI=1S/C20H21N5O3S/c1-11-5-6-15(16-8-14-17(29-16)9-22-24-14)25(10-11)20(28)19(27)23-13-4-2-3-12(7-13)18(21)26/h2-4,7-9,11,15H,5-6,10H2,1H3,(H2,21,26)(H,22,24)(H,23,27)/t11-,15+/m1/s1. The van der Waals surface area contributed by atoms with E-state index in [2.05, 4.69) is 22.4 Å². The molecule has 1 aromatic carbocycles. The van der Waals surface area contributed by atoms with Crippen LogP contribution in [0.3, 0.4) is 0 Å². The number of carbonyl (C=O) groups is 3. The molecule has 29 heavy (non-hydrogen) atoms. The third-order valence-corrected chi connectivity index (χ3v) is 6.32. The first-order valence-electron chi connectivity index (χ1n) is 9.37. The Morgan fingerprint density at radius 2 is 2.10 bits per heavy atom. The van der Waals surface area contributed by atoms with E-state index in [1.54, 1.807) is 40.6 Å². The number of nitrogens with two attached hydrogens (primary N) is 1. The van der Waals surface area contributed by atoms with Crippen LogP contribution in [-0.4, -0.2) is 39.4 Å². The Labute approximate surface area is 171 Å². The van der Waals surface area contributed by atoms with Gasteiger partial charge in [0, 0.05) is 22.7 Å². The molecule has 1 aliphatic heterocycles. The molecule has 3 aromatic rings. The van der Waals surface area contributed by atoms with Gasteiger partial charge in [-0.15, -0.1) is 11.3 Å². The van der Waals surface area contributed by atoms with E-state index in [0.29, 0.717) is 18.2 Å². The third-order valence-electron chi connectivity index (χ3n) is 5.15. The summed E-state index contributed by atoms with van der Waals surface area (Å²) in [6.07, 6.45) is 3.55. The van der Waals surface area contributed by atoms with E-state index >= 15 is 0 Å². The first-order chi connectivity index (χ1) is 13.9. The Bertz CT molecular complexity index is 1060. The number of aromatic nitrogens is 2. The summed E-state index contributed by atoms with van der Waals surface area (Å²) in [6, 6.07) is 8.08. The molecule has 0 aliphatic carbocycles. The van der Waals surface area contributed by atoms with Gasteiger partial charge in [0.15, 0.2) is 0 Å². The number of hydrogen-bond donors (Lipinski definition) is 3.